The molecule has 29 heavy (non-hydrogen) atoms. The molecule has 0 unspecified atom stereocenters. The van der Waals surface area contributed by atoms with Gasteiger partial charge in [-0.15, -0.1) is 0 Å². The zero-order valence-corrected chi connectivity index (χ0v) is 18.4. The van der Waals surface area contributed by atoms with Crippen LogP contribution in [-0.4, -0.2) is 25.5 Å². The Morgan fingerprint density at radius 2 is 1.76 bits per heavy atom. The predicted molar refractivity (Wildman–Crippen MR) is 116 cm³/mol. The smallest absolute Gasteiger partial charge is 0.269 e. The summed E-state index contributed by atoms with van der Waals surface area (Å²) in [6, 6.07) is 12.3. The van der Waals surface area contributed by atoms with Gasteiger partial charge in [0.1, 0.15) is 11.5 Å². The third-order valence-corrected chi connectivity index (χ3v) is 4.91. The number of carbonyl (C=O) groups is 2. The number of benzene rings is 2. The fraction of sp³-hybridized carbons (Fsp3) is 0.364. The molecule has 2 amide bonds. The maximum Gasteiger partial charge on any atom is 0.269 e. The van der Waals surface area contributed by atoms with Crippen molar-refractivity contribution in [3.8, 4) is 11.5 Å². The standard InChI is InChI=1S/C22H27BrN2O4/c1-3-4-5-6-13-29-20-12-9-17(15-19(20)23)22(27)25-24-21(26)14-16-7-10-18(28-2)11-8-16/h7-12,15H,3-6,13-14H2,1-2H3,(H,24,26)(H,25,27). The first kappa shape index (κ1) is 22.7. The molecular formula is C22H27BrN2O4. The van der Waals surface area contributed by atoms with E-state index in [1.165, 1.54) is 12.8 Å². The van der Waals surface area contributed by atoms with Crippen molar-refractivity contribution in [2.24, 2.45) is 0 Å². The van der Waals surface area contributed by atoms with Gasteiger partial charge in [0.05, 0.1) is 24.6 Å². The summed E-state index contributed by atoms with van der Waals surface area (Å²) in [4.78, 5) is 24.3. The maximum atomic E-state index is 12.3. The van der Waals surface area contributed by atoms with E-state index in [2.05, 4.69) is 33.7 Å². The number of halogens is 1. The highest BCUT2D eigenvalue weighted by Crippen LogP contribution is 2.26. The summed E-state index contributed by atoms with van der Waals surface area (Å²) in [7, 11) is 1.59. The van der Waals surface area contributed by atoms with Crippen LogP contribution >= 0.6 is 15.9 Å². The van der Waals surface area contributed by atoms with Crippen LogP contribution in [0.15, 0.2) is 46.9 Å². The average molecular weight is 463 g/mol. The molecule has 0 aliphatic rings. The van der Waals surface area contributed by atoms with Crippen molar-refractivity contribution in [2.75, 3.05) is 13.7 Å². The Morgan fingerprint density at radius 1 is 1.00 bits per heavy atom. The molecule has 0 saturated heterocycles. The molecule has 2 rings (SSSR count). The number of unbranched alkanes of at least 4 members (excludes halogenated alkanes) is 3. The number of nitrogens with one attached hydrogen (secondary N) is 2. The Labute approximate surface area is 180 Å². The van der Waals surface area contributed by atoms with Gasteiger partial charge in [-0.25, -0.2) is 0 Å². The van der Waals surface area contributed by atoms with Crippen LogP contribution in [0.5, 0.6) is 11.5 Å². The molecule has 0 bridgehead atoms. The first-order valence-corrected chi connectivity index (χ1v) is 10.5. The number of amides is 2. The highest BCUT2D eigenvalue weighted by molar-refractivity contribution is 9.10. The van der Waals surface area contributed by atoms with E-state index >= 15 is 0 Å². The lowest BCUT2D eigenvalue weighted by Gasteiger charge is -2.11. The van der Waals surface area contributed by atoms with Crippen molar-refractivity contribution >= 4 is 27.7 Å². The molecule has 2 aromatic carbocycles. The largest absolute Gasteiger partial charge is 0.497 e. The highest BCUT2D eigenvalue weighted by atomic mass is 79.9. The molecule has 0 radical (unpaired) electrons. The minimum absolute atomic E-state index is 0.152. The van der Waals surface area contributed by atoms with E-state index in [1.807, 2.05) is 0 Å². The first-order chi connectivity index (χ1) is 14.0. The van der Waals surface area contributed by atoms with Gasteiger partial charge in [-0.3, -0.25) is 20.4 Å². The Balaban J connectivity index is 1.80. The first-order valence-electron chi connectivity index (χ1n) is 9.68. The number of hydrazine groups is 1. The van der Waals surface area contributed by atoms with E-state index in [-0.39, 0.29) is 12.3 Å². The molecule has 2 N–H and O–H groups in total. The van der Waals surface area contributed by atoms with Gasteiger partial charge in [-0.2, -0.15) is 0 Å². The SMILES string of the molecule is CCCCCCOc1ccc(C(=O)NNC(=O)Cc2ccc(OC)cc2)cc1Br. The molecule has 0 atom stereocenters. The van der Waals surface area contributed by atoms with Crippen LogP contribution in [0.1, 0.15) is 48.5 Å². The van der Waals surface area contributed by atoms with E-state index in [1.54, 1.807) is 49.6 Å². The van der Waals surface area contributed by atoms with E-state index in [4.69, 9.17) is 9.47 Å². The third-order valence-electron chi connectivity index (χ3n) is 4.29. The van der Waals surface area contributed by atoms with Crippen molar-refractivity contribution in [1.29, 1.82) is 0 Å². The van der Waals surface area contributed by atoms with Gasteiger partial charge in [0.2, 0.25) is 5.91 Å². The monoisotopic (exact) mass is 462 g/mol. The Kier molecular flexibility index (Phi) is 9.50. The summed E-state index contributed by atoms with van der Waals surface area (Å²) >= 11 is 3.43. The Hall–Kier alpha value is -2.54. The maximum absolute atomic E-state index is 12.3. The van der Waals surface area contributed by atoms with E-state index in [9.17, 15) is 9.59 Å². The second kappa shape index (κ2) is 12.1. The molecule has 7 heteroatoms. The lowest BCUT2D eigenvalue weighted by Crippen LogP contribution is -2.42. The molecule has 0 aliphatic carbocycles. The normalized spacial score (nSPS) is 10.3. The number of hydrogen-bond donors (Lipinski definition) is 2. The third kappa shape index (κ3) is 7.77. The second-order valence-corrected chi connectivity index (χ2v) is 7.44. The van der Waals surface area contributed by atoms with Crippen molar-refractivity contribution in [2.45, 2.75) is 39.0 Å². The average Bonchev–Trinajstić information content (AvgIpc) is 2.73. The Bertz CT molecular complexity index is 809. The van der Waals surface area contributed by atoms with Gasteiger partial charge in [0.25, 0.3) is 5.91 Å². The summed E-state index contributed by atoms with van der Waals surface area (Å²) in [6.07, 6.45) is 4.68. The fourth-order valence-electron chi connectivity index (χ4n) is 2.64. The van der Waals surface area contributed by atoms with Crippen LogP contribution in [0.2, 0.25) is 0 Å². The van der Waals surface area contributed by atoms with Crippen LogP contribution in [0.4, 0.5) is 0 Å². The summed E-state index contributed by atoms with van der Waals surface area (Å²) in [6.45, 7) is 2.81. The lowest BCUT2D eigenvalue weighted by molar-refractivity contribution is -0.121. The summed E-state index contributed by atoms with van der Waals surface area (Å²) in [5.74, 6) is 0.709. The van der Waals surface area contributed by atoms with Crippen LogP contribution in [0, 0.1) is 0 Å². The molecule has 2 aromatic rings. The predicted octanol–water partition coefficient (Wildman–Crippen LogP) is 4.42. The Morgan fingerprint density at radius 3 is 2.41 bits per heavy atom. The van der Waals surface area contributed by atoms with Gasteiger partial charge >= 0.3 is 0 Å². The van der Waals surface area contributed by atoms with E-state index in [0.29, 0.717) is 22.4 Å². The van der Waals surface area contributed by atoms with Gasteiger partial charge in [-0.05, 0) is 58.2 Å². The zero-order chi connectivity index (χ0) is 21.1. The van der Waals surface area contributed by atoms with Gasteiger partial charge < -0.3 is 9.47 Å². The topological polar surface area (TPSA) is 76.7 Å². The summed E-state index contributed by atoms with van der Waals surface area (Å²) < 4.78 is 11.5. The molecule has 0 aromatic heterocycles. The number of carbonyl (C=O) groups excluding carboxylic acids is 2. The van der Waals surface area contributed by atoms with E-state index < -0.39 is 5.91 Å². The molecule has 6 nitrogen and oxygen atoms in total. The molecule has 0 saturated carbocycles. The number of hydrogen-bond acceptors (Lipinski definition) is 4. The molecule has 0 aliphatic heterocycles. The molecule has 0 heterocycles. The summed E-state index contributed by atoms with van der Waals surface area (Å²) in [5, 5.41) is 0. The number of ether oxygens (including phenoxy) is 2. The lowest BCUT2D eigenvalue weighted by atomic mass is 10.1. The number of methoxy groups -OCH3 is 1. The highest BCUT2D eigenvalue weighted by Gasteiger charge is 2.11. The van der Waals surface area contributed by atoms with Gasteiger partial charge in [0, 0.05) is 5.56 Å². The van der Waals surface area contributed by atoms with E-state index in [0.717, 1.165) is 24.2 Å². The van der Waals surface area contributed by atoms with Crippen molar-refractivity contribution in [3.63, 3.8) is 0 Å². The quantitative estimate of drug-likeness (QED) is 0.404. The van der Waals surface area contributed by atoms with Gasteiger partial charge in [0.15, 0.2) is 0 Å². The minimum atomic E-state index is -0.400. The van der Waals surface area contributed by atoms with Crippen LogP contribution in [0.25, 0.3) is 0 Å². The molecule has 0 fully saturated rings. The van der Waals surface area contributed by atoms with Crippen LogP contribution in [-0.2, 0) is 11.2 Å². The van der Waals surface area contributed by atoms with Crippen LogP contribution in [0.3, 0.4) is 0 Å². The van der Waals surface area contributed by atoms with Crippen molar-refractivity contribution in [3.05, 3.63) is 58.1 Å². The van der Waals surface area contributed by atoms with Crippen molar-refractivity contribution in [1.82, 2.24) is 10.9 Å². The fourth-order valence-corrected chi connectivity index (χ4v) is 3.13. The molecular weight excluding hydrogens is 436 g/mol. The zero-order valence-electron chi connectivity index (χ0n) is 16.8. The van der Waals surface area contributed by atoms with Crippen LogP contribution < -0.4 is 20.3 Å². The second-order valence-electron chi connectivity index (χ2n) is 6.58. The molecule has 0 spiro atoms. The number of rotatable bonds is 10. The summed E-state index contributed by atoms with van der Waals surface area (Å²) in [5.41, 5.74) is 6.10. The van der Waals surface area contributed by atoms with Crippen molar-refractivity contribution < 1.29 is 19.1 Å². The minimum Gasteiger partial charge on any atom is -0.497 e. The van der Waals surface area contributed by atoms with Gasteiger partial charge in [-0.1, -0.05) is 38.3 Å². The molecule has 156 valence electrons.